The van der Waals surface area contributed by atoms with Gasteiger partial charge in [0.25, 0.3) is 0 Å². The monoisotopic (exact) mass is 212 g/mol. The lowest BCUT2D eigenvalue weighted by molar-refractivity contribution is -0.132. The van der Waals surface area contributed by atoms with Crippen molar-refractivity contribution in [2.24, 2.45) is 0 Å². The molecule has 0 spiro atoms. The molecular weight excluding hydrogens is 192 g/mol. The molecule has 4 nitrogen and oxygen atoms in total. The maximum absolute atomic E-state index is 11.8. The third-order valence-electron chi connectivity index (χ3n) is 3.26. The van der Waals surface area contributed by atoms with Crippen LogP contribution in [0.4, 0.5) is 0 Å². The standard InChI is InChI=1S/C11H20N2O2/c14-8-10-2-1-7-13(10)11(15)5-6-12-9-3-4-9/h9-10,12,14H,1-8H2. The summed E-state index contributed by atoms with van der Waals surface area (Å²) < 4.78 is 0. The smallest absolute Gasteiger partial charge is 0.224 e. The van der Waals surface area contributed by atoms with Gasteiger partial charge in [-0.1, -0.05) is 0 Å². The number of hydrogen-bond acceptors (Lipinski definition) is 3. The van der Waals surface area contributed by atoms with Gasteiger partial charge in [-0.05, 0) is 25.7 Å². The van der Waals surface area contributed by atoms with E-state index in [1.807, 2.05) is 4.90 Å². The number of carbonyl (C=O) groups excluding carboxylic acids is 1. The van der Waals surface area contributed by atoms with Crippen molar-refractivity contribution in [1.29, 1.82) is 0 Å². The maximum Gasteiger partial charge on any atom is 0.224 e. The summed E-state index contributed by atoms with van der Waals surface area (Å²) in [6, 6.07) is 0.753. The summed E-state index contributed by atoms with van der Waals surface area (Å²) in [4.78, 5) is 13.6. The fourth-order valence-corrected chi connectivity index (χ4v) is 2.17. The average molecular weight is 212 g/mol. The molecule has 0 aromatic heterocycles. The minimum Gasteiger partial charge on any atom is -0.394 e. The van der Waals surface area contributed by atoms with Crippen LogP contribution in [-0.2, 0) is 4.79 Å². The molecule has 1 saturated carbocycles. The number of aliphatic hydroxyl groups excluding tert-OH is 1. The summed E-state index contributed by atoms with van der Waals surface area (Å²) in [6.07, 6.45) is 5.09. The second-order valence-corrected chi connectivity index (χ2v) is 4.54. The molecule has 0 aromatic rings. The Morgan fingerprint density at radius 1 is 1.40 bits per heavy atom. The number of aliphatic hydroxyl groups is 1. The molecule has 0 radical (unpaired) electrons. The second-order valence-electron chi connectivity index (χ2n) is 4.54. The molecule has 2 rings (SSSR count). The van der Waals surface area contributed by atoms with E-state index in [2.05, 4.69) is 5.32 Å². The van der Waals surface area contributed by atoms with Crippen molar-refractivity contribution in [3.63, 3.8) is 0 Å². The van der Waals surface area contributed by atoms with Crippen molar-refractivity contribution in [1.82, 2.24) is 10.2 Å². The highest BCUT2D eigenvalue weighted by Crippen LogP contribution is 2.19. The fourth-order valence-electron chi connectivity index (χ4n) is 2.17. The van der Waals surface area contributed by atoms with Gasteiger partial charge < -0.3 is 15.3 Å². The van der Waals surface area contributed by atoms with Crippen LogP contribution in [0.1, 0.15) is 32.1 Å². The van der Waals surface area contributed by atoms with Crippen LogP contribution < -0.4 is 5.32 Å². The van der Waals surface area contributed by atoms with E-state index in [1.165, 1.54) is 12.8 Å². The van der Waals surface area contributed by atoms with Gasteiger partial charge in [0, 0.05) is 25.6 Å². The number of likely N-dealkylation sites (tertiary alicyclic amines) is 1. The molecule has 1 amide bonds. The van der Waals surface area contributed by atoms with Gasteiger partial charge in [-0.25, -0.2) is 0 Å². The molecule has 1 aliphatic carbocycles. The number of carbonyl (C=O) groups is 1. The Morgan fingerprint density at radius 3 is 2.87 bits per heavy atom. The van der Waals surface area contributed by atoms with E-state index in [0.29, 0.717) is 12.5 Å². The van der Waals surface area contributed by atoms with E-state index in [1.54, 1.807) is 0 Å². The van der Waals surface area contributed by atoms with Crippen LogP contribution in [-0.4, -0.2) is 47.7 Å². The van der Waals surface area contributed by atoms with E-state index >= 15 is 0 Å². The summed E-state index contributed by atoms with van der Waals surface area (Å²) in [7, 11) is 0. The van der Waals surface area contributed by atoms with E-state index in [-0.39, 0.29) is 18.6 Å². The molecule has 4 heteroatoms. The lowest BCUT2D eigenvalue weighted by Crippen LogP contribution is -2.39. The van der Waals surface area contributed by atoms with Crippen molar-refractivity contribution in [2.45, 2.75) is 44.2 Å². The van der Waals surface area contributed by atoms with E-state index in [9.17, 15) is 4.79 Å². The van der Waals surface area contributed by atoms with Crippen LogP contribution in [0.2, 0.25) is 0 Å². The fraction of sp³-hybridized carbons (Fsp3) is 0.909. The van der Waals surface area contributed by atoms with Crippen LogP contribution in [0.15, 0.2) is 0 Å². The molecule has 1 heterocycles. The highest BCUT2D eigenvalue weighted by atomic mass is 16.3. The summed E-state index contributed by atoms with van der Waals surface area (Å²) in [5.41, 5.74) is 0. The zero-order valence-electron chi connectivity index (χ0n) is 9.11. The van der Waals surface area contributed by atoms with Gasteiger partial charge in [0.1, 0.15) is 0 Å². The van der Waals surface area contributed by atoms with E-state index < -0.39 is 0 Å². The molecular formula is C11H20N2O2. The highest BCUT2D eigenvalue weighted by molar-refractivity contribution is 5.77. The molecule has 1 aliphatic heterocycles. The molecule has 2 fully saturated rings. The number of nitrogens with one attached hydrogen (secondary N) is 1. The van der Waals surface area contributed by atoms with Crippen molar-refractivity contribution >= 4 is 5.91 Å². The van der Waals surface area contributed by atoms with Crippen LogP contribution in [0, 0.1) is 0 Å². The van der Waals surface area contributed by atoms with Gasteiger partial charge in [0.2, 0.25) is 5.91 Å². The molecule has 2 aliphatic rings. The molecule has 86 valence electrons. The first-order chi connectivity index (χ1) is 7.31. The van der Waals surface area contributed by atoms with Crippen molar-refractivity contribution in [2.75, 3.05) is 19.7 Å². The van der Waals surface area contributed by atoms with Gasteiger partial charge in [-0.3, -0.25) is 4.79 Å². The lowest BCUT2D eigenvalue weighted by atomic mass is 10.2. The Hall–Kier alpha value is -0.610. The molecule has 15 heavy (non-hydrogen) atoms. The summed E-state index contributed by atoms with van der Waals surface area (Å²) >= 11 is 0. The van der Waals surface area contributed by atoms with Crippen molar-refractivity contribution in [3.8, 4) is 0 Å². The Bertz CT molecular complexity index is 229. The van der Waals surface area contributed by atoms with Gasteiger partial charge in [0.15, 0.2) is 0 Å². The topological polar surface area (TPSA) is 52.6 Å². The number of nitrogens with zero attached hydrogens (tertiary/aromatic N) is 1. The minimum atomic E-state index is 0.0819. The molecule has 1 saturated heterocycles. The number of amides is 1. The maximum atomic E-state index is 11.8. The average Bonchev–Trinajstić information content (AvgIpc) is 2.94. The predicted octanol–water partition coefficient (Wildman–Crippen LogP) is 0.112. The number of rotatable bonds is 5. The normalized spacial score (nSPS) is 25.9. The van der Waals surface area contributed by atoms with Gasteiger partial charge in [-0.2, -0.15) is 0 Å². The summed E-state index contributed by atoms with van der Waals surface area (Å²) in [6.45, 7) is 1.73. The van der Waals surface area contributed by atoms with E-state index in [4.69, 9.17) is 5.11 Å². The first kappa shape index (κ1) is 10.9. The van der Waals surface area contributed by atoms with Crippen molar-refractivity contribution < 1.29 is 9.90 Å². The second kappa shape index (κ2) is 4.94. The quantitative estimate of drug-likeness (QED) is 0.680. The summed E-state index contributed by atoms with van der Waals surface area (Å²) in [5, 5.41) is 12.4. The van der Waals surface area contributed by atoms with Crippen LogP contribution in [0.5, 0.6) is 0 Å². The SMILES string of the molecule is O=C(CCNC1CC1)N1CCCC1CO. The van der Waals surface area contributed by atoms with Crippen LogP contribution >= 0.6 is 0 Å². The van der Waals surface area contributed by atoms with Gasteiger partial charge in [-0.15, -0.1) is 0 Å². The third kappa shape index (κ3) is 2.92. The zero-order chi connectivity index (χ0) is 10.7. The third-order valence-corrected chi connectivity index (χ3v) is 3.26. The van der Waals surface area contributed by atoms with Crippen molar-refractivity contribution in [3.05, 3.63) is 0 Å². The molecule has 0 bridgehead atoms. The van der Waals surface area contributed by atoms with Gasteiger partial charge >= 0.3 is 0 Å². The number of hydrogen-bond donors (Lipinski definition) is 2. The zero-order valence-corrected chi connectivity index (χ0v) is 9.11. The Balaban J connectivity index is 1.68. The Labute approximate surface area is 90.6 Å². The first-order valence-electron chi connectivity index (χ1n) is 5.95. The predicted molar refractivity (Wildman–Crippen MR) is 57.5 cm³/mol. The molecule has 0 aromatic carbocycles. The molecule has 1 atom stereocenters. The molecule has 1 unspecified atom stereocenters. The Morgan fingerprint density at radius 2 is 2.20 bits per heavy atom. The minimum absolute atomic E-state index is 0.0819. The highest BCUT2D eigenvalue weighted by Gasteiger charge is 2.28. The van der Waals surface area contributed by atoms with Crippen LogP contribution in [0.25, 0.3) is 0 Å². The van der Waals surface area contributed by atoms with E-state index in [0.717, 1.165) is 25.9 Å². The summed E-state index contributed by atoms with van der Waals surface area (Å²) in [5.74, 6) is 0.194. The molecule has 2 N–H and O–H groups in total. The first-order valence-corrected chi connectivity index (χ1v) is 5.95. The lowest BCUT2D eigenvalue weighted by Gasteiger charge is -2.23. The largest absolute Gasteiger partial charge is 0.394 e. The Kier molecular flexibility index (Phi) is 3.59. The van der Waals surface area contributed by atoms with Crippen LogP contribution in [0.3, 0.4) is 0 Å². The van der Waals surface area contributed by atoms with Gasteiger partial charge in [0.05, 0.1) is 12.6 Å².